The number of methoxy groups -OCH3 is 1. The second-order valence-electron chi connectivity index (χ2n) is 3.25. The van der Waals surface area contributed by atoms with Gasteiger partial charge in [0.05, 0.1) is 7.11 Å². The Hall–Kier alpha value is -1.84. The van der Waals surface area contributed by atoms with Gasteiger partial charge in [0.2, 0.25) is 0 Å². The summed E-state index contributed by atoms with van der Waals surface area (Å²) < 4.78 is 5.05. The lowest BCUT2D eigenvalue weighted by Crippen LogP contribution is -2.13. The molecule has 80 valence electrons. The largest absolute Gasteiger partial charge is 0.496 e. The van der Waals surface area contributed by atoms with Crippen molar-refractivity contribution in [1.29, 1.82) is 0 Å². The molecule has 1 aromatic carbocycles. The lowest BCUT2D eigenvalue weighted by Gasteiger charge is -2.09. The Morgan fingerprint density at radius 2 is 1.87 bits per heavy atom. The van der Waals surface area contributed by atoms with E-state index in [9.17, 15) is 9.59 Å². The second kappa shape index (κ2) is 4.13. The smallest absolute Gasteiger partial charge is 0.377 e. The van der Waals surface area contributed by atoms with Gasteiger partial charge in [-0.15, -0.1) is 0 Å². The van der Waals surface area contributed by atoms with Crippen LogP contribution in [0.4, 0.5) is 0 Å². The minimum atomic E-state index is -1.46. The molecule has 0 aliphatic carbocycles. The molecule has 0 bridgehead atoms. The fourth-order valence-electron chi connectivity index (χ4n) is 1.29. The number of carboxylic acids is 1. The molecule has 0 saturated carbocycles. The zero-order valence-electron chi connectivity index (χ0n) is 8.83. The molecule has 0 fully saturated rings. The predicted octanol–water partition coefficient (Wildman–Crippen LogP) is 1.58. The van der Waals surface area contributed by atoms with Crippen molar-refractivity contribution in [2.45, 2.75) is 13.8 Å². The molecule has 0 radical (unpaired) electrons. The molecule has 1 N–H and O–H groups in total. The van der Waals surface area contributed by atoms with Crippen molar-refractivity contribution in [3.8, 4) is 5.75 Å². The van der Waals surface area contributed by atoms with Gasteiger partial charge >= 0.3 is 5.97 Å². The van der Waals surface area contributed by atoms with Crippen LogP contribution in [0.15, 0.2) is 12.1 Å². The second-order valence-corrected chi connectivity index (χ2v) is 3.25. The van der Waals surface area contributed by atoms with Crippen molar-refractivity contribution in [1.82, 2.24) is 0 Å². The van der Waals surface area contributed by atoms with Crippen molar-refractivity contribution in [3.05, 3.63) is 28.8 Å². The molecule has 0 aliphatic heterocycles. The van der Waals surface area contributed by atoms with E-state index in [-0.39, 0.29) is 5.56 Å². The summed E-state index contributed by atoms with van der Waals surface area (Å²) in [5.74, 6) is -1.85. The van der Waals surface area contributed by atoms with E-state index < -0.39 is 11.8 Å². The van der Waals surface area contributed by atoms with E-state index in [0.29, 0.717) is 5.75 Å². The number of Topliss-reactive ketones (excluding diaryl/α,β-unsaturated/α-hetero) is 1. The Morgan fingerprint density at radius 1 is 1.27 bits per heavy atom. The summed E-state index contributed by atoms with van der Waals surface area (Å²) in [7, 11) is 1.48. The number of carboxylic acid groups (broad SMARTS) is 1. The maximum atomic E-state index is 11.2. The molecule has 0 aromatic heterocycles. The number of hydrogen-bond donors (Lipinski definition) is 1. The van der Waals surface area contributed by atoms with E-state index in [4.69, 9.17) is 9.84 Å². The van der Waals surface area contributed by atoms with E-state index >= 15 is 0 Å². The summed E-state index contributed by atoms with van der Waals surface area (Å²) in [6.45, 7) is 3.65. The first-order valence-electron chi connectivity index (χ1n) is 4.40. The van der Waals surface area contributed by atoms with E-state index in [1.165, 1.54) is 13.2 Å². The van der Waals surface area contributed by atoms with Crippen molar-refractivity contribution in [3.63, 3.8) is 0 Å². The first-order chi connectivity index (χ1) is 6.97. The highest BCUT2D eigenvalue weighted by Gasteiger charge is 2.17. The molecule has 1 rings (SSSR count). The van der Waals surface area contributed by atoms with Crippen LogP contribution >= 0.6 is 0 Å². The number of carbonyl (C=O) groups excluding carboxylic acids is 1. The zero-order valence-corrected chi connectivity index (χ0v) is 8.83. The van der Waals surface area contributed by atoms with Gasteiger partial charge in [-0.1, -0.05) is 0 Å². The van der Waals surface area contributed by atoms with Crippen LogP contribution in [0.25, 0.3) is 0 Å². The lowest BCUT2D eigenvalue weighted by atomic mass is 10.0. The van der Waals surface area contributed by atoms with Crippen molar-refractivity contribution < 1.29 is 19.4 Å². The summed E-state index contributed by atoms with van der Waals surface area (Å²) >= 11 is 0. The van der Waals surface area contributed by atoms with Crippen LogP contribution in [0, 0.1) is 13.8 Å². The standard InChI is InChI=1S/C11H12O4/c1-6-4-8(10(12)11(13)14)5-9(15-3)7(6)2/h4-5H,1-3H3,(H,13,14). The molecule has 0 spiro atoms. The Balaban J connectivity index is 3.28. The van der Waals surface area contributed by atoms with Gasteiger partial charge in [0.15, 0.2) is 0 Å². The minimum Gasteiger partial charge on any atom is -0.496 e. The van der Waals surface area contributed by atoms with Crippen molar-refractivity contribution in [2.24, 2.45) is 0 Å². The third-order valence-electron chi connectivity index (χ3n) is 2.30. The van der Waals surface area contributed by atoms with Crippen LogP contribution in [0.1, 0.15) is 21.5 Å². The summed E-state index contributed by atoms with van der Waals surface area (Å²) in [5, 5.41) is 8.57. The highest BCUT2D eigenvalue weighted by molar-refractivity contribution is 6.39. The molecule has 1 aromatic rings. The van der Waals surface area contributed by atoms with Crippen LogP contribution in [0.5, 0.6) is 5.75 Å². The van der Waals surface area contributed by atoms with Gasteiger partial charge < -0.3 is 9.84 Å². The van der Waals surface area contributed by atoms with Gasteiger partial charge in [-0.3, -0.25) is 4.79 Å². The molecule has 0 aliphatic rings. The van der Waals surface area contributed by atoms with Gasteiger partial charge in [-0.25, -0.2) is 4.79 Å². The number of aliphatic carboxylic acids is 1. The monoisotopic (exact) mass is 208 g/mol. The molecular formula is C11H12O4. The quantitative estimate of drug-likeness (QED) is 0.605. The summed E-state index contributed by atoms with van der Waals surface area (Å²) in [6.07, 6.45) is 0. The highest BCUT2D eigenvalue weighted by Crippen LogP contribution is 2.23. The molecular weight excluding hydrogens is 196 g/mol. The van der Waals surface area contributed by atoms with Gasteiger partial charge in [-0.2, -0.15) is 0 Å². The molecule has 0 heterocycles. The van der Waals surface area contributed by atoms with Crippen molar-refractivity contribution >= 4 is 11.8 Å². The highest BCUT2D eigenvalue weighted by atomic mass is 16.5. The number of benzene rings is 1. The summed E-state index contributed by atoms with van der Waals surface area (Å²) in [4.78, 5) is 21.7. The SMILES string of the molecule is COc1cc(C(=O)C(=O)O)cc(C)c1C. The van der Waals surface area contributed by atoms with Crippen molar-refractivity contribution in [2.75, 3.05) is 7.11 Å². The third-order valence-corrected chi connectivity index (χ3v) is 2.30. The van der Waals surface area contributed by atoms with Gasteiger partial charge in [-0.05, 0) is 37.1 Å². The van der Waals surface area contributed by atoms with Gasteiger partial charge in [0, 0.05) is 5.56 Å². The molecule has 0 saturated heterocycles. The van der Waals surface area contributed by atoms with E-state index in [1.54, 1.807) is 13.0 Å². The lowest BCUT2D eigenvalue weighted by molar-refractivity contribution is -0.131. The number of hydrogen-bond acceptors (Lipinski definition) is 3. The fraction of sp³-hybridized carbons (Fsp3) is 0.273. The number of ketones is 1. The van der Waals surface area contributed by atoms with E-state index in [0.717, 1.165) is 11.1 Å². The molecule has 0 unspecified atom stereocenters. The normalized spacial score (nSPS) is 9.80. The first kappa shape index (κ1) is 11.2. The Bertz CT molecular complexity index is 421. The van der Waals surface area contributed by atoms with Gasteiger partial charge in [0.25, 0.3) is 5.78 Å². The number of carbonyl (C=O) groups is 2. The Kier molecular flexibility index (Phi) is 3.09. The van der Waals surface area contributed by atoms with Crippen LogP contribution < -0.4 is 4.74 Å². The van der Waals surface area contributed by atoms with Crippen LogP contribution in [0.3, 0.4) is 0 Å². The molecule has 15 heavy (non-hydrogen) atoms. The summed E-state index contributed by atoms with van der Waals surface area (Å²) in [6, 6.07) is 2.99. The Labute approximate surface area is 87.5 Å². The van der Waals surface area contributed by atoms with E-state index in [1.807, 2.05) is 6.92 Å². The predicted molar refractivity (Wildman–Crippen MR) is 54.4 cm³/mol. The minimum absolute atomic E-state index is 0.141. The van der Waals surface area contributed by atoms with E-state index in [2.05, 4.69) is 0 Å². The maximum absolute atomic E-state index is 11.2. The third kappa shape index (κ3) is 2.15. The van der Waals surface area contributed by atoms with Crippen LogP contribution in [0.2, 0.25) is 0 Å². The number of ether oxygens (including phenoxy) is 1. The van der Waals surface area contributed by atoms with Gasteiger partial charge in [0.1, 0.15) is 5.75 Å². The maximum Gasteiger partial charge on any atom is 0.377 e. The topological polar surface area (TPSA) is 63.6 Å². The molecule has 4 heteroatoms. The first-order valence-corrected chi connectivity index (χ1v) is 4.40. The zero-order chi connectivity index (χ0) is 11.6. The fourth-order valence-corrected chi connectivity index (χ4v) is 1.29. The molecule has 0 amide bonds. The molecule has 0 atom stereocenters. The Morgan fingerprint density at radius 3 is 2.33 bits per heavy atom. The number of aryl methyl sites for hydroxylation is 1. The molecule has 4 nitrogen and oxygen atoms in total. The summed E-state index contributed by atoms with van der Waals surface area (Å²) in [5.41, 5.74) is 1.88. The van der Waals surface area contributed by atoms with Crippen LogP contribution in [-0.4, -0.2) is 24.0 Å². The average molecular weight is 208 g/mol. The van der Waals surface area contributed by atoms with Crippen LogP contribution in [-0.2, 0) is 4.79 Å². The average Bonchev–Trinajstić information content (AvgIpc) is 2.20. The number of rotatable bonds is 3.